The molecule has 1 aliphatic rings. The fourth-order valence-electron chi connectivity index (χ4n) is 3.98. The molecule has 8 heteroatoms. The fourth-order valence-corrected chi connectivity index (χ4v) is 5.39. The van der Waals surface area contributed by atoms with Crippen molar-refractivity contribution in [1.82, 2.24) is 9.80 Å². The summed E-state index contributed by atoms with van der Waals surface area (Å²) in [5, 5.41) is 0. The van der Waals surface area contributed by atoms with Crippen LogP contribution in [0.1, 0.15) is 11.1 Å². The van der Waals surface area contributed by atoms with Gasteiger partial charge < -0.3 is 4.90 Å². The van der Waals surface area contributed by atoms with Gasteiger partial charge in [-0.05, 0) is 48.9 Å². The average molecular weight is 482 g/mol. The first-order chi connectivity index (χ1) is 16.3. The number of sulfonamides is 1. The van der Waals surface area contributed by atoms with Crippen molar-refractivity contribution in [3.05, 3.63) is 95.8 Å². The quantitative estimate of drug-likeness (QED) is 0.517. The second-order valence-corrected chi connectivity index (χ2v) is 10.3. The number of carbonyl (C=O) groups is 1. The molecule has 4 rings (SSSR count). The van der Waals surface area contributed by atoms with Crippen LogP contribution in [0.25, 0.3) is 0 Å². The Bertz CT molecular complexity index is 1210. The molecule has 0 saturated carbocycles. The third-order valence-corrected chi connectivity index (χ3v) is 7.76. The summed E-state index contributed by atoms with van der Waals surface area (Å²) < 4.78 is 41.4. The van der Waals surface area contributed by atoms with Crippen LogP contribution in [0.2, 0.25) is 0 Å². The largest absolute Gasteiger partial charge is 0.339 e. The van der Waals surface area contributed by atoms with Gasteiger partial charge in [-0.25, -0.2) is 12.8 Å². The second kappa shape index (κ2) is 10.4. The van der Waals surface area contributed by atoms with Crippen molar-refractivity contribution in [3.63, 3.8) is 0 Å². The molecule has 0 unspecified atom stereocenters. The average Bonchev–Trinajstić information content (AvgIpc) is 2.84. The summed E-state index contributed by atoms with van der Waals surface area (Å²) >= 11 is 0. The van der Waals surface area contributed by atoms with Crippen molar-refractivity contribution in [3.8, 4) is 0 Å². The van der Waals surface area contributed by atoms with Crippen LogP contribution in [0.15, 0.2) is 83.8 Å². The number of carbonyl (C=O) groups excluding carboxylic acids is 1. The minimum Gasteiger partial charge on any atom is -0.339 e. The number of aryl methyl sites for hydroxylation is 1. The van der Waals surface area contributed by atoms with Gasteiger partial charge in [-0.15, -0.1) is 0 Å². The van der Waals surface area contributed by atoms with Crippen LogP contribution in [0.5, 0.6) is 0 Å². The van der Waals surface area contributed by atoms with Gasteiger partial charge in [0.15, 0.2) is 0 Å². The van der Waals surface area contributed by atoms with Gasteiger partial charge >= 0.3 is 0 Å². The molecule has 0 N–H and O–H groups in total. The Morgan fingerprint density at radius 1 is 0.882 bits per heavy atom. The van der Waals surface area contributed by atoms with Crippen LogP contribution >= 0.6 is 0 Å². The number of nitrogens with zero attached hydrogens (tertiary/aromatic N) is 3. The molecule has 0 atom stereocenters. The molecule has 0 bridgehead atoms. The van der Waals surface area contributed by atoms with E-state index in [9.17, 15) is 17.6 Å². The molecule has 1 saturated heterocycles. The van der Waals surface area contributed by atoms with Crippen molar-refractivity contribution < 1.29 is 17.6 Å². The maximum absolute atomic E-state index is 13.4. The van der Waals surface area contributed by atoms with Crippen LogP contribution in [0.3, 0.4) is 0 Å². The molecule has 178 valence electrons. The highest BCUT2D eigenvalue weighted by atomic mass is 32.2. The van der Waals surface area contributed by atoms with Gasteiger partial charge in [0.1, 0.15) is 12.4 Å². The second-order valence-electron chi connectivity index (χ2n) is 8.44. The minimum atomic E-state index is -4.06. The van der Waals surface area contributed by atoms with Crippen molar-refractivity contribution in [2.24, 2.45) is 0 Å². The number of piperazine rings is 1. The maximum atomic E-state index is 13.4. The van der Waals surface area contributed by atoms with Crippen LogP contribution in [0.4, 0.5) is 10.1 Å². The molecule has 34 heavy (non-hydrogen) atoms. The number of hydrogen-bond donors (Lipinski definition) is 0. The van der Waals surface area contributed by atoms with Gasteiger partial charge in [-0.1, -0.05) is 48.0 Å². The molecule has 0 aromatic heterocycles. The Hall–Kier alpha value is -3.23. The lowest BCUT2D eigenvalue weighted by Gasteiger charge is -2.36. The SMILES string of the molecule is Cc1ccc(N(CC(=O)N2CCN(Cc3ccccc3)CC2)S(=O)(=O)c2ccc(F)cc2)cc1. The lowest BCUT2D eigenvalue weighted by Crippen LogP contribution is -2.51. The first-order valence-electron chi connectivity index (χ1n) is 11.2. The molecule has 3 aromatic carbocycles. The number of halogens is 1. The summed E-state index contributed by atoms with van der Waals surface area (Å²) in [6.45, 7) is 4.90. The number of amides is 1. The first kappa shape index (κ1) is 23.9. The molecule has 1 amide bonds. The van der Waals surface area contributed by atoms with E-state index in [-0.39, 0.29) is 17.3 Å². The zero-order valence-electron chi connectivity index (χ0n) is 19.1. The van der Waals surface area contributed by atoms with E-state index < -0.39 is 15.8 Å². The van der Waals surface area contributed by atoms with E-state index in [1.807, 2.05) is 25.1 Å². The van der Waals surface area contributed by atoms with Crippen molar-refractivity contribution >= 4 is 21.6 Å². The lowest BCUT2D eigenvalue weighted by molar-refractivity contribution is -0.131. The Morgan fingerprint density at radius 3 is 2.12 bits per heavy atom. The molecule has 0 spiro atoms. The third kappa shape index (κ3) is 5.63. The lowest BCUT2D eigenvalue weighted by atomic mass is 10.2. The standard InChI is InChI=1S/C26H28FN3O3S/c1-21-7-11-24(12-8-21)30(34(32,33)25-13-9-23(27)10-14-25)20-26(31)29-17-15-28(16-18-29)19-22-5-3-2-4-6-22/h2-14H,15-20H2,1H3. The number of benzene rings is 3. The number of rotatable bonds is 7. The van der Waals surface area contributed by atoms with Gasteiger partial charge in [0.2, 0.25) is 5.91 Å². The number of hydrogen-bond acceptors (Lipinski definition) is 4. The Kier molecular flexibility index (Phi) is 7.29. The van der Waals surface area contributed by atoms with Crippen LogP contribution in [0, 0.1) is 12.7 Å². The molecule has 6 nitrogen and oxygen atoms in total. The normalized spacial score (nSPS) is 14.7. The monoisotopic (exact) mass is 481 g/mol. The summed E-state index contributed by atoms with van der Waals surface area (Å²) in [6, 6.07) is 21.8. The van der Waals surface area contributed by atoms with Gasteiger partial charge in [0.25, 0.3) is 10.0 Å². The zero-order valence-corrected chi connectivity index (χ0v) is 19.9. The van der Waals surface area contributed by atoms with Gasteiger partial charge in [-0.3, -0.25) is 14.0 Å². The summed E-state index contributed by atoms with van der Waals surface area (Å²) in [6.07, 6.45) is 0. The molecule has 1 heterocycles. The molecular weight excluding hydrogens is 453 g/mol. The molecular formula is C26H28FN3O3S. The highest BCUT2D eigenvalue weighted by molar-refractivity contribution is 7.92. The molecule has 1 aliphatic heterocycles. The van der Waals surface area contributed by atoms with Crippen LogP contribution in [-0.2, 0) is 21.4 Å². The molecule has 3 aromatic rings. The van der Waals surface area contributed by atoms with E-state index in [2.05, 4.69) is 17.0 Å². The zero-order chi connectivity index (χ0) is 24.1. The first-order valence-corrected chi connectivity index (χ1v) is 12.7. The van der Waals surface area contributed by atoms with E-state index in [1.165, 1.54) is 17.7 Å². The molecule has 0 aliphatic carbocycles. The Morgan fingerprint density at radius 2 is 1.50 bits per heavy atom. The van der Waals surface area contributed by atoms with E-state index in [4.69, 9.17) is 0 Å². The van der Waals surface area contributed by atoms with E-state index in [0.717, 1.165) is 41.6 Å². The highest BCUT2D eigenvalue weighted by Gasteiger charge is 2.30. The van der Waals surface area contributed by atoms with Gasteiger partial charge in [-0.2, -0.15) is 0 Å². The predicted octanol–water partition coefficient (Wildman–Crippen LogP) is 3.67. The Labute approximate surface area is 200 Å². The van der Waals surface area contributed by atoms with E-state index in [0.29, 0.717) is 18.8 Å². The van der Waals surface area contributed by atoms with Crippen LogP contribution in [-0.4, -0.2) is 56.8 Å². The highest BCUT2D eigenvalue weighted by Crippen LogP contribution is 2.25. The van der Waals surface area contributed by atoms with Crippen LogP contribution < -0.4 is 4.31 Å². The predicted molar refractivity (Wildman–Crippen MR) is 130 cm³/mol. The van der Waals surface area contributed by atoms with Crippen molar-refractivity contribution in [2.75, 3.05) is 37.0 Å². The van der Waals surface area contributed by atoms with Crippen molar-refractivity contribution in [2.45, 2.75) is 18.4 Å². The summed E-state index contributed by atoms with van der Waals surface area (Å²) in [4.78, 5) is 17.1. The summed E-state index contributed by atoms with van der Waals surface area (Å²) in [7, 11) is -4.06. The van der Waals surface area contributed by atoms with Gasteiger partial charge in [0, 0.05) is 32.7 Å². The smallest absolute Gasteiger partial charge is 0.264 e. The van der Waals surface area contributed by atoms with Crippen molar-refractivity contribution in [1.29, 1.82) is 0 Å². The summed E-state index contributed by atoms with van der Waals surface area (Å²) in [5.74, 6) is -0.782. The maximum Gasteiger partial charge on any atom is 0.264 e. The Balaban J connectivity index is 1.48. The molecule has 0 radical (unpaired) electrons. The third-order valence-electron chi connectivity index (χ3n) is 5.98. The topological polar surface area (TPSA) is 60.9 Å². The van der Waals surface area contributed by atoms with E-state index in [1.54, 1.807) is 29.2 Å². The van der Waals surface area contributed by atoms with E-state index >= 15 is 0 Å². The van der Waals surface area contributed by atoms with Gasteiger partial charge in [0.05, 0.1) is 10.6 Å². The summed E-state index contributed by atoms with van der Waals surface area (Å²) in [5.41, 5.74) is 2.59. The fraction of sp³-hybridized carbons (Fsp3) is 0.269. The number of anilines is 1. The minimum absolute atomic E-state index is 0.0602. The molecule has 1 fully saturated rings.